The molecule has 1 aromatic rings. The number of hydrogen-bond acceptors (Lipinski definition) is 5. The summed E-state index contributed by atoms with van der Waals surface area (Å²) in [6.07, 6.45) is 8.12. The van der Waals surface area contributed by atoms with Crippen LogP contribution in [0.4, 0.5) is 5.82 Å². The van der Waals surface area contributed by atoms with Crippen molar-refractivity contribution in [1.29, 1.82) is 0 Å². The Labute approximate surface area is 114 Å². The van der Waals surface area contributed by atoms with Gasteiger partial charge in [0.05, 0.1) is 19.5 Å². The van der Waals surface area contributed by atoms with E-state index in [-0.39, 0.29) is 5.69 Å². The predicted molar refractivity (Wildman–Crippen MR) is 73.2 cm³/mol. The van der Waals surface area contributed by atoms with E-state index in [0.29, 0.717) is 12.0 Å². The second kappa shape index (κ2) is 5.99. The monoisotopic (exact) mass is 263 g/mol. The highest BCUT2D eigenvalue weighted by molar-refractivity contribution is 5.87. The number of carbonyl (C=O) groups is 1. The molecule has 2 unspecified atom stereocenters. The maximum Gasteiger partial charge on any atom is 0.358 e. The van der Waals surface area contributed by atoms with Gasteiger partial charge in [-0.05, 0) is 18.8 Å². The summed E-state index contributed by atoms with van der Waals surface area (Å²) < 4.78 is 4.68. The van der Waals surface area contributed by atoms with Crippen molar-refractivity contribution in [1.82, 2.24) is 9.97 Å². The van der Waals surface area contributed by atoms with Crippen molar-refractivity contribution in [3.05, 3.63) is 18.1 Å². The molecule has 5 heteroatoms. The van der Waals surface area contributed by atoms with E-state index in [1.54, 1.807) is 6.20 Å². The van der Waals surface area contributed by atoms with Gasteiger partial charge in [-0.15, -0.1) is 0 Å². The Balaban J connectivity index is 2.18. The number of anilines is 1. The van der Waals surface area contributed by atoms with Gasteiger partial charge in [0.15, 0.2) is 5.69 Å². The molecule has 1 heterocycles. The van der Waals surface area contributed by atoms with Crippen LogP contribution in [0.5, 0.6) is 0 Å². The van der Waals surface area contributed by atoms with Gasteiger partial charge in [-0.3, -0.25) is 4.98 Å². The SMILES string of the molecule is COC(=O)c1cncc(N(C)C2CCCCC2C)n1. The lowest BCUT2D eigenvalue weighted by atomic mass is 9.85. The van der Waals surface area contributed by atoms with Crippen LogP contribution in [0.1, 0.15) is 43.1 Å². The average molecular weight is 263 g/mol. The molecule has 19 heavy (non-hydrogen) atoms. The molecule has 1 fully saturated rings. The number of ether oxygens (including phenoxy) is 1. The van der Waals surface area contributed by atoms with Crippen LogP contribution in [0.3, 0.4) is 0 Å². The van der Waals surface area contributed by atoms with Crippen molar-refractivity contribution in [2.24, 2.45) is 5.92 Å². The van der Waals surface area contributed by atoms with E-state index in [4.69, 9.17) is 0 Å². The van der Waals surface area contributed by atoms with Crippen molar-refractivity contribution in [2.45, 2.75) is 38.6 Å². The molecule has 1 aliphatic carbocycles. The van der Waals surface area contributed by atoms with Crippen LogP contribution in [0.25, 0.3) is 0 Å². The topological polar surface area (TPSA) is 55.3 Å². The zero-order chi connectivity index (χ0) is 13.8. The van der Waals surface area contributed by atoms with E-state index in [1.807, 2.05) is 7.05 Å². The van der Waals surface area contributed by atoms with Crippen LogP contribution in [-0.4, -0.2) is 36.1 Å². The van der Waals surface area contributed by atoms with Crippen LogP contribution in [0.15, 0.2) is 12.4 Å². The summed E-state index contributed by atoms with van der Waals surface area (Å²) in [5, 5.41) is 0. The number of rotatable bonds is 3. The molecule has 0 radical (unpaired) electrons. The molecule has 0 amide bonds. The average Bonchev–Trinajstić information content (AvgIpc) is 2.46. The molecule has 0 saturated heterocycles. The lowest BCUT2D eigenvalue weighted by Gasteiger charge is -2.36. The standard InChI is InChI=1S/C14H21N3O2/c1-10-6-4-5-7-12(10)17(2)13-9-15-8-11(16-13)14(18)19-3/h8-10,12H,4-7H2,1-3H3. The molecule has 1 saturated carbocycles. The summed E-state index contributed by atoms with van der Waals surface area (Å²) in [5.74, 6) is 0.934. The zero-order valence-electron chi connectivity index (χ0n) is 11.8. The highest BCUT2D eigenvalue weighted by Gasteiger charge is 2.26. The van der Waals surface area contributed by atoms with Gasteiger partial charge in [-0.1, -0.05) is 19.8 Å². The van der Waals surface area contributed by atoms with Gasteiger partial charge in [0.1, 0.15) is 5.82 Å². The van der Waals surface area contributed by atoms with Crippen molar-refractivity contribution < 1.29 is 9.53 Å². The van der Waals surface area contributed by atoms with Crippen molar-refractivity contribution >= 4 is 11.8 Å². The Morgan fingerprint density at radius 3 is 2.79 bits per heavy atom. The number of esters is 1. The maximum atomic E-state index is 11.5. The third kappa shape index (κ3) is 3.03. The maximum absolute atomic E-state index is 11.5. The highest BCUT2D eigenvalue weighted by atomic mass is 16.5. The first-order valence-electron chi connectivity index (χ1n) is 6.76. The third-order valence-corrected chi connectivity index (χ3v) is 3.94. The Hall–Kier alpha value is -1.65. The summed E-state index contributed by atoms with van der Waals surface area (Å²) in [4.78, 5) is 22.1. The first-order chi connectivity index (χ1) is 9.13. The zero-order valence-corrected chi connectivity index (χ0v) is 11.8. The van der Waals surface area contributed by atoms with E-state index < -0.39 is 5.97 Å². The minimum atomic E-state index is -0.445. The summed E-state index contributed by atoms with van der Waals surface area (Å²) in [7, 11) is 3.38. The third-order valence-electron chi connectivity index (χ3n) is 3.94. The molecule has 1 aromatic heterocycles. The van der Waals surface area contributed by atoms with Gasteiger partial charge in [-0.2, -0.15) is 0 Å². The molecule has 2 rings (SSSR count). The van der Waals surface area contributed by atoms with Crippen molar-refractivity contribution in [3.8, 4) is 0 Å². The molecule has 104 valence electrons. The Kier molecular flexibility index (Phi) is 4.35. The number of methoxy groups -OCH3 is 1. The molecular formula is C14H21N3O2. The molecule has 0 spiro atoms. The summed E-state index contributed by atoms with van der Waals surface area (Å²) >= 11 is 0. The first-order valence-corrected chi connectivity index (χ1v) is 6.76. The second-order valence-corrected chi connectivity index (χ2v) is 5.19. The van der Waals surface area contributed by atoms with Crippen molar-refractivity contribution in [3.63, 3.8) is 0 Å². The minimum absolute atomic E-state index is 0.260. The van der Waals surface area contributed by atoms with E-state index in [9.17, 15) is 4.79 Å². The quantitative estimate of drug-likeness (QED) is 0.783. The van der Waals surface area contributed by atoms with Gasteiger partial charge >= 0.3 is 5.97 Å². The Bertz CT molecular complexity index is 450. The normalized spacial score (nSPS) is 22.9. The summed E-state index contributed by atoms with van der Waals surface area (Å²) in [5.41, 5.74) is 0.260. The molecule has 5 nitrogen and oxygen atoms in total. The van der Waals surface area contributed by atoms with Crippen LogP contribution in [0.2, 0.25) is 0 Å². The molecule has 0 aromatic carbocycles. The molecule has 0 bridgehead atoms. The fourth-order valence-electron chi connectivity index (χ4n) is 2.77. The predicted octanol–water partition coefficient (Wildman–Crippen LogP) is 2.28. The number of nitrogens with zero attached hydrogens (tertiary/aromatic N) is 3. The van der Waals surface area contributed by atoms with E-state index in [2.05, 4.69) is 26.5 Å². The number of carbonyl (C=O) groups excluding carboxylic acids is 1. The van der Waals surface area contributed by atoms with Crippen LogP contribution < -0.4 is 4.90 Å². The van der Waals surface area contributed by atoms with Crippen LogP contribution in [0, 0.1) is 5.92 Å². The smallest absolute Gasteiger partial charge is 0.358 e. The fourth-order valence-corrected chi connectivity index (χ4v) is 2.77. The molecule has 2 atom stereocenters. The van der Waals surface area contributed by atoms with Gasteiger partial charge in [0, 0.05) is 13.1 Å². The Morgan fingerprint density at radius 1 is 1.37 bits per heavy atom. The van der Waals surface area contributed by atoms with Gasteiger partial charge in [0.2, 0.25) is 0 Å². The van der Waals surface area contributed by atoms with E-state index >= 15 is 0 Å². The number of hydrogen-bond donors (Lipinski definition) is 0. The van der Waals surface area contributed by atoms with Crippen LogP contribution in [-0.2, 0) is 4.74 Å². The Morgan fingerprint density at radius 2 is 2.11 bits per heavy atom. The van der Waals surface area contributed by atoms with Crippen LogP contribution >= 0.6 is 0 Å². The fraction of sp³-hybridized carbons (Fsp3) is 0.643. The summed E-state index contributed by atoms with van der Waals surface area (Å²) in [6, 6.07) is 0.468. The molecular weight excluding hydrogens is 242 g/mol. The minimum Gasteiger partial charge on any atom is -0.464 e. The lowest BCUT2D eigenvalue weighted by molar-refractivity contribution is 0.0593. The largest absolute Gasteiger partial charge is 0.464 e. The van der Waals surface area contributed by atoms with Crippen molar-refractivity contribution in [2.75, 3.05) is 19.1 Å². The van der Waals surface area contributed by atoms with Gasteiger partial charge in [-0.25, -0.2) is 9.78 Å². The van der Waals surface area contributed by atoms with Gasteiger partial charge < -0.3 is 9.64 Å². The molecule has 1 aliphatic rings. The highest BCUT2D eigenvalue weighted by Crippen LogP contribution is 2.29. The van der Waals surface area contributed by atoms with E-state index in [0.717, 1.165) is 5.82 Å². The number of aromatic nitrogens is 2. The molecule has 0 aliphatic heterocycles. The van der Waals surface area contributed by atoms with Gasteiger partial charge in [0.25, 0.3) is 0 Å². The summed E-state index contributed by atoms with van der Waals surface area (Å²) in [6.45, 7) is 2.28. The molecule has 0 N–H and O–H groups in total. The van der Waals surface area contributed by atoms with E-state index in [1.165, 1.54) is 39.0 Å². The first kappa shape index (κ1) is 13.8. The lowest BCUT2D eigenvalue weighted by Crippen LogP contribution is -2.39. The second-order valence-electron chi connectivity index (χ2n) is 5.19.